The van der Waals surface area contributed by atoms with Gasteiger partial charge in [-0.2, -0.15) is 0 Å². The number of carbonyl (C=O) groups is 2. The van der Waals surface area contributed by atoms with Crippen LogP contribution < -0.4 is 10.6 Å². The third-order valence-electron chi connectivity index (χ3n) is 3.58. The van der Waals surface area contributed by atoms with E-state index in [-0.39, 0.29) is 23.3 Å². The summed E-state index contributed by atoms with van der Waals surface area (Å²) in [6.07, 6.45) is 1.18. The summed E-state index contributed by atoms with van der Waals surface area (Å²) in [6, 6.07) is 7.72. The van der Waals surface area contributed by atoms with Crippen LogP contribution in [0.1, 0.15) is 49.5 Å². The number of amides is 2. The molecule has 1 aromatic carbocycles. The molecule has 2 rings (SSSR count). The molecule has 4 nitrogen and oxygen atoms in total. The average molecular weight is 274 g/mol. The molecule has 0 aromatic heterocycles. The zero-order valence-corrected chi connectivity index (χ0v) is 12.3. The molecule has 1 unspecified atom stereocenters. The average Bonchev–Trinajstić information content (AvgIpc) is 2.40. The van der Waals surface area contributed by atoms with Crippen molar-refractivity contribution in [2.45, 2.75) is 45.1 Å². The largest absolute Gasteiger partial charge is 0.354 e. The number of hydrogen-bond acceptors (Lipinski definition) is 2. The Morgan fingerprint density at radius 1 is 1.30 bits per heavy atom. The zero-order valence-electron chi connectivity index (χ0n) is 12.3. The maximum Gasteiger partial charge on any atom is 0.251 e. The topological polar surface area (TPSA) is 58.2 Å². The predicted molar refractivity (Wildman–Crippen MR) is 78.6 cm³/mol. The molecule has 108 valence electrons. The van der Waals surface area contributed by atoms with E-state index in [2.05, 4.69) is 31.4 Å². The second kappa shape index (κ2) is 5.65. The highest BCUT2D eigenvalue weighted by Gasteiger charge is 2.24. The molecule has 0 radical (unpaired) electrons. The van der Waals surface area contributed by atoms with Gasteiger partial charge in [0.05, 0.1) is 0 Å². The van der Waals surface area contributed by atoms with Crippen molar-refractivity contribution in [2.75, 3.05) is 6.54 Å². The second-order valence-electron chi connectivity index (χ2n) is 6.31. The number of nitrogens with one attached hydrogen (secondary N) is 2. The van der Waals surface area contributed by atoms with Crippen LogP contribution in [-0.4, -0.2) is 24.4 Å². The van der Waals surface area contributed by atoms with Gasteiger partial charge in [0.2, 0.25) is 5.91 Å². The minimum Gasteiger partial charge on any atom is -0.354 e. The van der Waals surface area contributed by atoms with Crippen molar-refractivity contribution in [3.8, 4) is 0 Å². The third-order valence-corrected chi connectivity index (χ3v) is 3.58. The fraction of sp³-hybridized carbons (Fsp3) is 0.500. The van der Waals surface area contributed by atoms with Crippen LogP contribution in [0.4, 0.5) is 0 Å². The normalized spacial score (nSPS) is 19.4. The van der Waals surface area contributed by atoms with E-state index in [1.807, 2.05) is 24.3 Å². The Bertz CT molecular complexity index is 507. The zero-order chi connectivity index (χ0) is 14.8. The van der Waals surface area contributed by atoms with E-state index in [1.165, 1.54) is 0 Å². The first-order chi connectivity index (χ1) is 9.38. The monoisotopic (exact) mass is 274 g/mol. The van der Waals surface area contributed by atoms with Crippen LogP contribution in [0.15, 0.2) is 24.3 Å². The molecule has 0 bridgehead atoms. The molecule has 4 heteroatoms. The summed E-state index contributed by atoms with van der Waals surface area (Å²) >= 11 is 0. The molecule has 1 aliphatic rings. The summed E-state index contributed by atoms with van der Waals surface area (Å²) in [5.74, 6) is 0.00210. The molecule has 1 aliphatic heterocycles. The van der Waals surface area contributed by atoms with E-state index >= 15 is 0 Å². The van der Waals surface area contributed by atoms with Crippen molar-refractivity contribution in [1.29, 1.82) is 0 Å². The highest BCUT2D eigenvalue weighted by Crippen LogP contribution is 2.25. The van der Waals surface area contributed by atoms with Crippen LogP contribution in [0.2, 0.25) is 0 Å². The smallest absolute Gasteiger partial charge is 0.251 e. The van der Waals surface area contributed by atoms with Crippen LogP contribution in [0, 0.1) is 0 Å². The van der Waals surface area contributed by atoms with Crippen LogP contribution in [0.3, 0.4) is 0 Å². The van der Waals surface area contributed by atoms with Gasteiger partial charge in [-0.05, 0) is 23.5 Å². The van der Waals surface area contributed by atoms with Crippen molar-refractivity contribution >= 4 is 11.8 Å². The van der Waals surface area contributed by atoms with Gasteiger partial charge in [0.1, 0.15) is 0 Å². The van der Waals surface area contributed by atoms with Gasteiger partial charge in [-0.25, -0.2) is 0 Å². The van der Waals surface area contributed by atoms with Gasteiger partial charge in [0.25, 0.3) is 5.91 Å². The van der Waals surface area contributed by atoms with Crippen molar-refractivity contribution in [3.63, 3.8) is 0 Å². The lowest BCUT2D eigenvalue weighted by Crippen LogP contribution is -2.48. The van der Waals surface area contributed by atoms with E-state index in [0.717, 1.165) is 11.1 Å². The van der Waals surface area contributed by atoms with E-state index in [0.29, 0.717) is 19.4 Å². The van der Waals surface area contributed by atoms with Gasteiger partial charge in [0, 0.05) is 24.6 Å². The van der Waals surface area contributed by atoms with Gasteiger partial charge in [-0.3, -0.25) is 9.59 Å². The Kier molecular flexibility index (Phi) is 4.12. The number of hydrogen-bond donors (Lipinski definition) is 2. The van der Waals surface area contributed by atoms with Crippen molar-refractivity contribution in [2.24, 2.45) is 0 Å². The van der Waals surface area contributed by atoms with E-state index in [1.54, 1.807) is 0 Å². The molecule has 1 aromatic rings. The molecule has 1 atom stereocenters. The molecule has 1 saturated heterocycles. The minimum absolute atomic E-state index is 0.0215. The maximum absolute atomic E-state index is 12.4. The number of benzene rings is 1. The Morgan fingerprint density at radius 2 is 2.00 bits per heavy atom. The number of rotatable bonds is 2. The molecular weight excluding hydrogens is 252 g/mol. The summed E-state index contributed by atoms with van der Waals surface area (Å²) in [4.78, 5) is 23.6. The molecule has 0 aliphatic carbocycles. The molecule has 0 spiro atoms. The quantitative estimate of drug-likeness (QED) is 0.866. The van der Waals surface area contributed by atoms with Crippen LogP contribution in [-0.2, 0) is 10.2 Å². The summed E-state index contributed by atoms with van der Waals surface area (Å²) in [5.41, 5.74) is 1.68. The van der Waals surface area contributed by atoms with Crippen LogP contribution >= 0.6 is 0 Å². The predicted octanol–water partition coefficient (Wildman–Crippen LogP) is 1.99. The SMILES string of the molecule is CC(C)(C)c1ccccc1C(=O)NC1CCC(=O)NC1. The van der Waals surface area contributed by atoms with Gasteiger partial charge in [0.15, 0.2) is 0 Å². The summed E-state index contributed by atoms with van der Waals surface area (Å²) < 4.78 is 0. The fourth-order valence-corrected chi connectivity index (χ4v) is 2.45. The first-order valence-corrected chi connectivity index (χ1v) is 7.05. The molecule has 2 amide bonds. The maximum atomic E-state index is 12.4. The van der Waals surface area contributed by atoms with Gasteiger partial charge in [-0.1, -0.05) is 39.0 Å². The van der Waals surface area contributed by atoms with E-state index in [4.69, 9.17) is 0 Å². The van der Waals surface area contributed by atoms with Crippen LogP contribution in [0.25, 0.3) is 0 Å². The van der Waals surface area contributed by atoms with Gasteiger partial charge < -0.3 is 10.6 Å². The van der Waals surface area contributed by atoms with Gasteiger partial charge in [-0.15, -0.1) is 0 Å². The van der Waals surface area contributed by atoms with Crippen LogP contribution in [0.5, 0.6) is 0 Å². The highest BCUT2D eigenvalue weighted by atomic mass is 16.2. The third kappa shape index (κ3) is 3.38. The lowest BCUT2D eigenvalue weighted by Gasteiger charge is -2.26. The van der Waals surface area contributed by atoms with Crippen molar-refractivity contribution in [1.82, 2.24) is 10.6 Å². The Hall–Kier alpha value is -1.84. The van der Waals surface area contributed by atoms with Crippen molar-refractivity contribution < 1.29 is 9.59 Å². The number of carbonyl (C=O) groups excluding carboxylic acids is 2. The second-order valence-corrected chi connectivity index (χ2v) is 6.31. The van der Waals surface area contributed by atoms with E-state index < -0.39 is 0 Å². The van der Waals surface area contributed by atoms with E-state index in [9.17, 15) is 9.59 Å². The lowest BCUT2D eigenvalue weighted by molar-refractivity contribution is -0.122. The lowest BCUT2D eigenvalue weighted by atomic mass is 9.83. The Labute approximate surface area is 119 Å². The Morgan fingerprint density at radius 3 is 2.60 bits per heavy atom. The summed E-state index contributed by atoms with van der Waals surface area (Å²) in [6.45, 7) is 6.81. The molecular formula is C16H22N2O2. The minimum atomic E-state index is -0.0747. The summed E-state index contributed by atoms with van der Waals surface area (Å²) in [5, 5.41) is 5.79. The van der Waals surface area contributed by atoms with Crippen molar-refractivity contribution in [3.05, 3.63) is 35.4 Å². The standard InChI is InChI=1S/C16H22N2O2/c1-16(2,3)13-7-5-4-6-12(13)15(20)18-11-8-9-14(19)17-10-11/h4-7,11H,8-10H2,1-3H3,(H,17,19)(H,18,20). The van der Waals surface area contributed by atoms with Gasteiger partial charge >= 0.3 is 0 Å². The number of piperidine rings is 1. The molecule has 20 heavy (non-hydrogen) atoms. The molecule has 2 N–H and O–H groups in total. The summed E-state index contributed by atoms with van der Waals surface area (Å²) in [7, 11) is 0. The molecule has 0 saturated carbocycles. The fourth-order valence-electron chi connectivity index (χ4n) is 2.45. The molecule has 1 fully saturated rings. The highest BCUT2D eigenvalue weighted by molar-refractivity contribution is 5.96. The first-order valence-electron chi connectivity index (χ1n) is 7.05. The molecule has 1 heterocycles. The Balaban J connectivity index is 2.12. The first kappa shape index (κ1) is 14.6.